The fourth-order valence-corrected chi connectivity index (χ4v) is 2.55. The van der Waals surface area contributed by atoms with Crippen molar-refractivity contribution in [1.29, 1.82) is 5.26 Å². The lowest BCUT2D eigenvalue weighted by atomic mass is 9.94. The maximum Gasteiger partial charge on any atom is 0.115 e. The van der Waals surface area contributed by atoms with E-state index in [-0.39, 0.29) is 6.04 Å². The molecule has 1 saturated heterocycles. The monoisotopic (exact) mass is 230 g/mol. The highest BCUT2D eigenvalue weighted by Gasteiger charge is 2.27. The third kappa shape index (κ3) is 2.59. The van der Waals surface area contributed by atoms with Gasteiger partial charge in [0.1, 0.15) is 5.75 Å². The van der Waals surface area contributed by atoms with Crippen molar-refractivity contribution in [2.45, 2.75) is 38.3 Å². The molecule has 0 saturated carbocycles. The van der Waals surface area contributed by atoms with Gasteiger partial charge in [0, 0.05) is 12.6 Å². The predicted octanol–water partition coefficient (Wildman–Crippen LogP) is 2.83. The minimum Gasteiger partial charge on any atom is -0.508 e. The molecule has 2 rings (SSSR count). The molecular weight excluding hydrogens is 212 g/mol. The van der Waals surface area contributed by atoms with Gasteiger partial charge in [-0.3, -0.25) is 4.90 Å². The van der Waals surface area contributed by atoms with Crippen LogP contribution in [0.25, 0.3) is 0 Å². The molecule has 1 aromatic rings. The van der Waals surface area contributed by atoms with Gasteiger partial charge in [0.15, 0.2) is 0 Å². The van der Waals surface area contributed by atoms with Gasteiger partial charge in [0.25, 0.3) is 0 Å². The molecule has 0 radical (unpaired) electrons. The Labute approximate surface area is 102 Å². The molecule has 3 heteroatoms. The largest absolute Gasteiger partial charge is 0.508 e. The second-order valence-electron chi connectivity index (χ2n) is 4.65. The fraction of sp³-hybridized carbons (Fsp3) is 0.500. The molecule has 17 heavy (non-hydrogen) atoms. The van der Waals surface area contributed by atoms with Crippen LogP contribution in [-0.4, -0.2) is 22.6 Å². The van der Waals surface area contributed by atoms with Gasteiger partial charge in [-0.15, -0.1) is 0 Å². The molecule has 2 unspecified atom stereocenters. The minimum absolute atomic E-state index is 0.0471. The summed E-state index contributed by atoms with van der Waals surface area (Å²) in [6.07, 6.45) is 3.47. The summed E-state index contributed by atoms with van der Waals surface area (Å²) in [7, 11) is 0. The van der Waals surface area contributed by atoms with E-state index in [0.717, 1.165) is 13.0 Å². The van der Waals surface area contributed by atoms with E-state index in [1.807, 2.05) is 19.1 Å². The van der Waals surface area contributed by atoms with E-state index >= 15 is 0 Å². The van der Waals surface area contributed by atoms with Crippen LogP contribution in [0, 0.1) is 11.3 Å². The third-order valence-electron chi connectivity index (χ3n) is 3.51. The molecule has 90 valence electrons. The molecule has 0 spiro atoms. The molecule has 0 aromatic heterocycles. The van der Waals surface area contributed by atoms with E-state index in [0.29, 0.717) is 11.8 Å². The van der Waals surface area contributed by atoms with Crippen LogP contribution in [0.1, 0.15) is 37.8 Å². The molecule has 1 aromatic carbocycles. The molecule has 1 fully saturated rings. The van der Waals surface area contributed by atoms with Crippen molar-refractivity contribution >= 4 is 0 Å². The predicted molar refractivity (Wildman–Crippen MR) is 66.5 cm³/mol. The highest BCUT2D eigenvalue weighted by atomic mass is 16.3. The van der Waals surface area contributed by atoms with Crippen molar-refractivity contribution < 1.29 is 5.11 Å². The zero-order valence-corrected chi connectivity index (χ0v) is 10.1. The Morgan fingerprint density at radius 3 is 2.71 bits per heavy atom. The number of likely N-dealkylation sites (tertiary alicyclic amines) is 1. The summed E-state index contributed by atoms with van der Waals surface area (Å²) in [5.41, 5.74) is 1.20. The number of piperidine rings is 1. The smallest absolute Gasteiger partial charge is 0.115 e. The van der Waals surface area contributed by atoms with E-state index in [4.69, 9.17) is 5.26 Å². The molecule has 3 nitrogen and oxygen atoms in total. The van der Waals surface area contributed by atoms with Gasteiger partial charge in [-0.1, -0.05) is 18.6 Å². The Balaban J connectivity index is 2.22. The van der Waals surface area contributed by atoms with Crippen LogP contribution < -0.4 is 0 Å². The van der Waals surface area contributed by atoms with Crippen LogP contribution in [0.15, 0.2) is 24.3 Å². The number of rotatable bonds is 2. The van der Waals surface area contributed by atoms with Crippen LogP contribution in [0.4, 0.5) is 0 Å². The first-order chi connectivity index (χ1) is 8.22. The maximum absolute atomic E-state index is 9.31. The van der Waals surface area contributed by atoms with Crippen molar-refractivity contribution in [1.82, 2.24) is 4.90 Å². The molecule has 1 aliphatic rings. The van der Waals surface area contributed by atoms with Crippen molar-refractivity contribution in [3.8, 4) is 11.8 Å². The van der Waals surface area contributed by atoms with Crippen molar-refractivity contribution in [3.05, 3.63) is 29.8 Å². The van der Waals surface area contributed by atoms with Crippen LogP contribution in [0.2, 0.25) is 0 Å². The number of hydrogen-bond donors (Lipinski definition) is 1. The molecule has 0 aliphatic carbocycles. The van der Waals surface area contributed by atoms with E-state index in [9.17, 15) is 5.11 Å². The topological polar surface area (TPSA) is 47.3 Å². The standard InChI is InChI=1S/C14H18N2O/c1-11(10-15)16-9-3-2-4-14(16)12-5-7-13(17)8-6-12/h5-8,11,14,17H,2-4,9H2,1H3. The Hall–Kier alpha value is -1.53. The number of phenols is 1. The molecule has 0 amide bonds. The van der Waals surface area contributed by atoms with Gasteiger partial charge in [-0.05, 0) is 37.5 Å². The van der Waals surface area contributed by atoms with Gasteiger partial charge in [-0.25, -0.2) is 0 Å². The van der Waals surface area contributed by atoms with E-state index in [1.54, 1.807) is 12.1 Å². The van der Waals surface area contributed by atoms with Crippen molar-refractivity contribution in [3.63, 3.8) is 0 Å². The summed E-state index contributed by atoms with van der Waals surface area (Å²) in [6, 6.07) is 9.96. The van der Waals surface area contributed by atoms with E-state index < -0.39 is 0 Å². The highest BCUT2D eigenvalue weighted by Crippen LogP contribution is 2.32. The van der Waals surface area contributed by atoms with E-state index in [2.05, 4.69) is 11.0 Å². The number of nitriles is 1. The molecule has 1 N–H and O–H groups in total. The lowest BCUT2D eigenvalue weighted by Gasteiger charge is -2.37. The first-order valence-corrected chi connectivity index (χ1v) is 6.16. The van der Waals surface area contributed by atoms with Crippen LogP contribution in [0.5, 0.6) is 5.75 Å². The summed E-state index contributed by atoms with van der Waals surface area (Å²) >= 11 is 0. The van der Waals surface area contributed by atoms with Gasteiger partial charge in [-0.2, -0.15) is 5.26 Å². The number of nitrogens with zero attached hydrogens (tertiary/aromatic N) is 2. The Bertz CT molecular complexity index is 407. The zero-order valence-electron chi connectivity index (χ0n) is 10.1. The second-order valence-corrected chi connectivity index (χ2v) is 4.65. The van der Waals surface area contributed by atoms with Crippen molar-refractivity contribution in [2.24, 2.45) is 0 Å². The number of benzene rings is 1. The first-order valence-electron chi connectivity index (χ1n) is 6.16. The van der Waals surface area contributed by atoms with Crippen molar-refractivity contribution in [2.75, 3.05) is 6.54 Å². The maximum atomic E-state index is 9.31. The quantitative estimate of drug-likeness (QED) is 0.849. The Morgan fingerprint density at radius 2 is 2.06 bits per heavy atom. The molecular formula is C14H18N2O. The summed E-state index contributed by atoms with van der Waals surface area (Å²) in [5.74, 6) is 0.296. The minimum atomic E-state index is -0.0471. The van der Waals surface area contributed by atoms with Gasteiger partial charge >= 0.3 is 0 Å². The molecule has 2 atom stereocenters. The number of phenolic OH excluding ortho intramolecular Hbond substituents is 1. The lowest BCUT2D eigenvalue weighted by Crippen LogP contribution is -2.39. The highest BCUT2D eigenvalue weighted by molar-refractivity contribution is 5.28. The second kappa shape index (κ2) is 5.20. The Kier molecular flexibility index (Phi) is 3.65. The summed E-state index contributed by atoms with van der Waals surface area (Å²) in [4.78, 5) is 2.26. The SMILES string of the molecule is CC(C#N)N1CCCCC1c1ccc(O)cc1. The summed E-state index contributed by atoms with van der Waals surface area (Å²) < 4.78 is 0. The van der Waals surface area contributed by atoms with Crippen LogP contribution in [0.3, 0.4) is 0 Å². The normalized spacial score (nSPS) is 22.9. The van der Waals surface area contributed by atoms with Crippen LogP contribution >= 0.6 is 0 Å². The van der Waals surface area contributed by atoms with Crippen LogP contribution in [-0.2, 0) is 0 Å². The Morgan fingerprint density at radius 1 is 1.35 bits per heavy atom. The average molecular weight is 230 g/mol. The van der Waals surface area contributed by atoms with E-state index in [1.165, 1.54) is 18.4 Å². The molecule has 1 heterocycles. The first kappa shape index (κ1) is 11.9. The molecule has 1 aliphatic heterocycles. The van der Waals surface area contributed by atoms with Gasteiger partial charge in [0.2, 0.25) is 0 Å². The number of hydrogen-bond acceptors (Lipinski definition) is 3. The fourth-order valence-electron chi connectivity index (χ4n) is 2.55. The third-order valence-corrected chi connectivity index (χ3v) is 3.51. The summed E-state index contributed by atoms with van der Waals surface area (Å²) in [5, 5.41) is 18.4. The summed E-state index contributed by atoms with van der Waals surface area (Å²) in [6.45, 7) is 2.94. The average Bonchev–Trinajstić information content (AvgIpc) is 2.39. The molecule has 0 bridgehead atoms. The number of aromatic hydroxyl groups is 1. The van der Waals surface area contributed by atoms with Gasteiger partial charge in [0.05, 0.1) is 12.1 Å². The lowest BCUT2D eigenvalue weighted by molar-refractivity contribution is 0.128. The van der Waals surface area contributed by atoms with Gasteiger partial charge < -0.3 is 5.11 Å². The zero-order chi connectivity index (χ0) is 12.3.